The first-order valence-corrected chi connectivity index (χ1v) is 46.5. The first-order chi connectivity index (χ1) is 49.9. The van der Waals surface area contributed by atoms with Gasteiger partial charge in [-0.05, 0) is 37.5 Å². The van der Waals surface area contributed by atoms with Gasteiger partial charge in [-0.25, -0.2) is 9.13 Å². The van der Waals surface area contributed by atoms with Gasteiger partial charge >= 0.3 is 39.5 Å². The molecule has 612 valence electrons. The molecule has 0 bridgehead atoms. The van der Waals surface area contributed by atoms with Crippen LogP contribution in [0.15, 0.2) is 0 Å². The van der Waals surface area contributed by atoms with Gasteiger partial charge in [0.1, 0.15) is 19.3 Å². The van der Waals surface area contributed by atoms with Crippen LogP contribution in [0.25, 0.3) is 0 Å². The number of aliphatic hydroxyl groups is 1. The Morgan fingerprint density at radius 1 is 0.262 bits per heavy atom. The number of aliphatic hydroxyl groups excluding tert-OH is 1. The zero-order valence-electron chi connectivity index (χ0n) is 67.6. The standard InChI is InChI=1S/C84H164O17P2/c1-7-9-11-13-15-17-19-21-23-25-26-27-29-33-38-44-51-57-63-69-83(88)100-79(72-94-81(86)66-60-54-48-42-36-34-30-31-35-40-46-52-58-64-76(3)4)74-98-102(90,91)96-70-78(85)71-97-103(92,93)99-75-80(73-95-82(87)67-61-55-49-45-39-41-47-53-59-65-77(5)6)101-84(89)68-62-56-50-43-37-32-28-24-22-20-18-16-14-12-10-8-2/h76-80,85H,7-75H2,1-6H3,(H,90,91)(H,92,93)/t78-,79-,80-/m1/s1. The number of phosphoric acid groups is 2. The molecular formula is C84H164O17P2. The van der Waals surface area contributed by atoms with Gasteiger partial charge in [0.2, 0.25) is 0 Å². The third kappa shape index (κ3) is 78.0. The van der Waals surface area contributed by atoms with Crippen LogP contribution in [0.1, 0.15) is 446 Å². The number of unbranched alkanes of at least 4 members (excludes halogenated alkanes) is 53. The molecule has 19 heteroatoms. The second-order valence-corrected chi connectivity index (χ2v) is 34.1. The first kappa shape index (κ1) is 101. The SMILES string of the molecule is CCCCCCCCCCCCCCCCCCCCCC(=O)O[C@H](COC(=O)CCCCCCCCCCCCCCCC(C)C)COP(=O)(O)OC[C@@H](O)COP(=O)(O)OC[C@@H](COC(=O)CCCCCCCCCCCC(C)C)OC(=O)CCCCCCCCCCCCCCCCCC. The highest BCUT2D eigenvalue weighted by Crippen LogP contribution is 2.45. The maximum Gasteiger partial charge on any atom is 0.472 e. The second kappa shape index (κ2) is 75.5. The molecule has 0 heterocycles. The summed E-state index contributed by atoms with van der Waals surface area (Å²) in [6, 6.07) is 0. The van der Waals surface area contributed by atoms with Crippen molar-refractivity contribution in [3.8, 4) is 0 Å². The fourth-order valence-corrected chi connectivity index (χ4v) is 14.6. The largest absolute Gasteiger partial charge is 0.472 e. The van der Waals surface area contributed by atoms with Gasteiger partial charge < -0.3 is 33.8 Å². The van der Waals surface area contributed by atoms with Gasteiger partial charge in [0.05, 0.1) is 26.4 Å². The Hall–Kier alpha value is -1.94. The molecular weight excluding hydrogens is 1340 g/mol. The van der Waals surface area contributed by atoms with E-state index in [1.165, 1.54) is 263 Å². The van der Waals surface area contributed by atoms with Crippen molar-refractivity contribution in [2.75, 3.05) is 39.6 Å². The Balaban J connectivity index is 5.26. The van der Waals surface area contributed by atoms with E-state index in [4.69, 9.17) is 37.0 Å². The topological polar surface area (TPSA) is 237 Å². The van der Waals surface area contributed by atoms with E-state index in [9.17, 15) is 43.2 Å². The zero-order valence-corrected chi connectivity index (χ0v) is 69.4. The van der Waals surface area contributed by atoms with Gasteiger partial charge in [-0.2, -0.15) is 0 Å². The van der Waals surface area contributed by atoms with Crippen molar-refractivity contribution >= 4 is 39.5 Å². The monoisotopic (exact) mass is 1510 g/mol. The summed E-state index contributed by atoms with van der Waals surface area (Å²) in [7, 11) is -9.93. The van der Waals surface area contributed by atoms with Crippen LogP contribution < -0.4 is 0 Å². The normalized spacial score (nSPS) is 13.9. The van der Waals surface area contributed by atoms with E-state index in [0.717, 1.165) is 102 Å². The van der Waals surface area contributed by atoms with E-state index in [1.54, 1.807) is 0 Å². The molecule has 0 aliphatic rings. The van der Waals surface area contributed by atoms with Crippen molar-refractivity contribution in [1.82, 2.24) is 0 Å². The number of esters is 4. The molecule has 0 aromatic carbocycles. The number of phosphoric ester groups is 2. The van der Waals surface area contributed by atoms with E-state index in [0.29, 0.717) is 25.7 Å². The Kier molecular flexibility index (Phi) is 74.1. The summed E-state index contributed by atoms with van der Waals surface area (Å²) in [4.78, 5) is 73.2. The molecule has 0 fully saturated rings. The fourth-order valence-electron chi connectivity index (χ4n) is 13.1. The quantitative estimate of drug-likeness (QED) is 0.0222. The molecule has 0 spiro atoms. The summed E-state index contributed by atoms with van der Waals surface area (Å²) >= 11 is 0. The van der Waals surface area contributed by atoms with Crippen molar-refractivity contribution in [3.63, 3.8) is 0 Å². The third-order valence-corrected chi connectivity index (χ3v) is 21.6. The highest BCUT2D eigenvalue weighted by atomic mass is 31.2. The summed E-state index contributed by atoms with van der Waals surface area (Å²) in [5.74, 6) is -0.568. The molecule has 17 nitrogen and oxygen atoms in total. The van der Waals surface area contributed by atoms with Crippen LogP contribution in [0.5, 0.6) is 0 Å². The average molecular weight is 1510 g/mol. The summed E-state index contributed by atoms with van der Waals surface area (Å²) in [5, 5.41) is 10.7. The van der Waals surface area contributed by atoms with Gasteiger partial charge in [0, 0.05) is 25.7 Å². The summed E-state index contributed by atoms with van der Waals surface area (Å²) in [5.41, 5.74) is 0. The molecule has 0 aliphatic carbocycles. The molecule has 0 rings (SSSR count). The van der Waals surface area contributed by atoms with Crippen LogP contribution in [-0.2, 0) is 65.4 Å². The van der Waals surface area contributed by atoms with E-state index >= 15 is 0 Å². The van der Waals surface area contributed by atoms with Gasteiger partial charge in [-0.1, -0.05) is 395 Å². The van der Waals surface area contributed by atoms with E-state index in [2.05, 4.69) is 41.5 Å². The Morgan fingerprint density at radius 3 is 0.660 bits per heavy atom. The number of rotatable bonds is 83. The van der Waals surface area contributed by atoms with Crippen LogP contribution in [0.2, 0.25) is 0 Å². The van der Waals surface area contributed by atoms with Crippen molar-refractivity contribution in [1.29, 1.82) is 0 Å². The lowest BCUT2D eigenvalue weighted by molar-refractivity contribution is -0.161. The van der Waals surface area contributed by atoms with Crippen molar-refractivity contribution in [2.24, 2.45) is 11.8 Å². The minimum Gasteiger partial charge on any atom is -0.462 e. The van der Waals surface area contributed by atoms with Gasteiger partial charge in [0.15, 0.2) is 12.2 Å². The zero-order chi connectivity index (χ0) is 75.6. The highest BCUT2D eigenvalue weighted by Gasteiger charge is 2.30. The van der Waals surface area contributed by atoms with E-state index in [1.807, 2.05) is 0 Å². The molecule has 0 aromatic heterocycles. The van der Waals surface area contributed by atoms with Crippen LogP contribution >= 0.6 is 15.6 Å². The van der Waals surface area contributed by atoms with E-state index < -0.39 is 97.5 Å². The van der Waals surface area contributed by atoms with Gasteiger partial charge in [0.25, 0.3) is 0 Å². The summed E-state index contributed by atoms with van der Waals surface area (Å²) in [6.45, 7) is 9.66. The van der Waals surface area contributed by atoms with Gasteiger partial charge in [-0.3, -0.25) is 37.3 Å². The maximum atomic E-state index is 13.1. The molecule has 0 amide bonds. The van der Waals surface area contributed by atoms with E-state index in [-0.39, 0.29) is 25.7 Å². The van der Waals surface area contributed by atoms with Crippen molar-refractivity contribution in [2.45, 2.75) is 464 Å². The average Bonchev–Trinajstić information content (AvgIpc) is 0.996. The van der Waals surface area contributed by atoms with Crippen LogP contribution in [-0.4, -0.2) is 96.7 Å². The lowest BCUT2D eigenvalue weighted by atomic mass is 10.0. The predicted octanol–water partition coefficient (Wildman–Crippen LogP) is 25.5. The Morgan fingerprint density at radius 2 is 0.447 bits per heavy atom. The number of carbonyl (C=O) groups is 4. The predicted molar refractivity (Wildman–Crippen MR) is 423 cm³/mol. The molecule has 0 saturated carbocycles. The van der Waals surface area contributed by atoms with Gasteiger partial charge in [-0.15, -0.1) is 0 Å². The molecule has 0 aromatic rings. The molecule has 3 N–H and O–H groups in total. The smallest absolute Gasteiger partial charge is 0.462 e. The lowest BCUT2D eigenvalue weighted by Crippen LogP contribution is -2.30. The summed E-state index contributed by atoms with van der Waals surface area (Å²) < 4.78 is 68.9. The van der Waals surface area contributed by atoms with Crippen LogP contribution in [0.3, 0.4) is 0 Å². The Bertz CT molecular complexity index is 1980. The highest BCUT2D eigenvalue weighted by molar-refractivity contribution is 7.47. The molecule has 0 aliphatic heterocycles. The summed E-state index contributed by atoms with van der Waals surface area (Å²) in [6.07, 6.45) is 66.6. The minimum absolute atomic E-state index is 0.108. The second-order valence-electron chi connectivity index (χ2n) is 31.2. The molecule has 2 unspecified atom stereocenters. The fraction of sp³-hybridized carbons (Fsp3) is 0.952. The maximum absolute atomic E-state index is 13.1. The third-order valence-electron chi connectivity index (χ3n) is 19.7. The molecule has 0 saturated heterocycles. The minimum atomic E-state index is -4.96. The number of hydrogen-bond donors (Lipinski definition) is 3. The number of ether oxygens (including phenoxy) is 4. The molecule has 5 atom stereocenters. The van der Waals surface area contributed by atoms with Crippen LogP contribution in [0, 0.1) is 11.8 Å². The number of hydrogen-bond acceptors (Lipinski definition) is 15. The molecule has 0 radical (unpaired) electrons. The first-order valence-electron chi connectivity index (χ1n) is 43.5. The Labute approximate surface area is 632 Å². The van der Waals surface area contributed by atoms with Crippen molar-refractivity contribution in [3.05, 3.63) is 0 Å². The number of carbonyl (C=O) groups excluding carboxylic acids is 4. The van der Waals surface area contributed by atoms with Crippen LogP contribution in [0.4, 0.5) is 0 Å². The molecule has 103 heavy (non-hydrogen) atoms. The van der Waals surface area contributed by atoms with Crippen molar-refractivity contribution < 1.29 is 80.2 Å². The lowest BCUT2D eigenvalue weighted by Gasteiger charge is -2.21.